The van der Waals surface area contributed by atoms with Gasteiger partial charge in [-0.3, -0.25) is 4.79 Å². The van der Waals surface area contributed by atoms with Crippen molar-refractivity contribution >= 4 is 5.91 Å². The van der Waals surface area contributed by atoms with Crippen molar-refractivity contribution in [2.24, 2.45) is 5.92 Å². The van der Waals surface area contributed by atoms with E-state index in [4.69, 9.17) is 14.6 Å². The van der Waals surface area contributed by atoms with Gasteiger partial charge in [-0.15, -0.1) is 0 Å². The Morgan fingerprint density at radius 3 is 2.80 bits per heavy atom. The standard InChI is InChI=1S/C15H21NO4/c1-10(2)12(6-7-17)16-15(18)11-4-3-5-13-14(11)20-9-8-19-13/h3-5,10,12,17H,6-9H2,1-2H3,(H,16,18). The van der Waals surface area contributed by atoms with Crippen LogP contribution in [0.3, 0.4) is 0 Å². The van der Waals surface area contributed by atoms with Crippen LogP contribution in [0.15, 0.2) is 18.2 Å². The summed E-state index contributed by atoms with van der Waals surface area (Å²) in [6.07, 6.45) is 0.537. The lowest BCUT2D eigenvalue weighted by molar-refractivity contribution is 0.0905. The predicted molar refractivity (Wildman–Crippen MR) is 75.2 cm³/mol. The molecule has 1 unspecified atom stereocenters. The van der Waals surface area contributed by atoms with Crippen LogP contribution in [0.4, 0.5) is 0 Å². The highest BCUT2D eigenvalue weighted by molar-refractivity contribution is 5.98. The minimum absolute atomic E-state index is 0.0512. The summed E-state index contributed by atoms with van der Waals surface area (Å²) < 4.78 is 11.0. The average Bonchev–Trinajstić information content (AvgIpc) is 2.46. The third kappa shape index (κ3) is 3.22. The number of para-hydroxylation sites is 1. The zero-order chi connectivity index (χ0) is 14.5. The quantitative estimate of drug-likeness (QED) is 0.859. The molecule has 0 radical (unpaired) electrons. The number of amides is 1. The van der Waals surface area contributed by atoms with Crippen molar-refractivity contribution in [2.45, 2.75) is 26.3 Å². The summed E-state index contributed by atoms with van der Waals surface area (Å²) in [6.45, 7) is 5.02. The molecule has 0 saturated heterocycles. The molecule has 1 aliphatic heterocycles. The average molecular weight is 279 g/mol. The zero-order valence-corrected chi connectivity index (χ0v) is 11.9. The van der Waals surface area contributed by atoms with E-state index in [-0.39, 0.29) is 24.5 Å². The van der Waals surface area contributed by atoms with E-state index in [0.29, 0.717) is 36.7 Å². The van der Waals surface area contributed by atoms with Gasteiger partial charge in [0.15, 0.2) is 11.5 Å². The number of fused-ring (bicyclic) bond motifs is 1. The van der Waals surface area contributed by atoms with Crippen LogP contribution in [0.2, 0.25) is 0 Å². The fraction of sp³-hybridized carbons (Fsp3) is 0.533. The molecule has 0 fully saturated rings. The third-order valence-corrected chi connectivity index (χ3v) is 3.37. The Balaban J connectivity index is 2.16. The van der Waals surface area contributed by atoms with E-state index in [0.717, 1.165) is 0 Å². The minimum atomic E-state index is -0.195. The molecule has 2 rings (SSSR count). The van der Waals surface area contributed by atoms with Gasteiger partial charge in [0.25, 0.3) is 5.91 Å². The minimum Gasteiger partial charge on any atom is -0.486 e. The molecule has 0 spiro atoms. The first-order chi connectivity index (χ1) is 9.63. The van der Waals surface area contributed by atoms with Crippen molar-refractivity contribution < 1.29 is 19.4 Å². The van der Waals surface area contributed by atoms with E-state index >= 15 is 0 Å². The highest BCUT2D eigenvalue weighted by Gasteiger charge is 2.23. The van der Waals surface area contributed by atoms with Gasteiger partial charge in [0.1, 0.15) is 13.2 Å². The smallest absolute Gasteiger partial charge is 0.255 e. The topological polar surface area (TPSA) is 67.8 Å². The number of rotatable bonds is 5. The van der Waals surface area contributed by atoms with Crippen LogP contribution in [-0.4, -0.2) is 36.9 Å². The SMILES string of the molecule is CC(C)C(CCO)NC(=O)c1cccc2c1OCCO2. The van der Waals surface area contributed by atoms with Gasteiger partial charge in [0.2, 0.25) is 0 Å². The van der Waals surface area contributed by atoms with Gasteiger partial charge >= 0.3 is 0 Å². The van der Waals surface area contributed by atoms with Crippen molar-refractivity contribution in [3.05, 3.63) is 23.8 Å². The molecular formula is C15H21NO4. The highest BCUT2D eigenvalue weighted by atomic mass is 16.6. The molecule has 2 N–H and O–H groups in total. The van der Waals surface area contributed by atoms with E-state index in [2.05, 4.69) is 5.32 Å². The Bertz CT molecular complexity index is 473. The summed E-state index contributed by atoms with van der Waals surface area (Å²) in [6, 6.07) is 5.23. The Morgan fingerprint density at radius 1 is 1.35 bits per heavy atom. The Kier molecular flexibility index (Phi) is 4.84. The Hall–Kier alpha value is -1.75. The van der Waals surface area contributed by atoms with Gasteiger partial charge in [0.05, 0.1) is 5.56 Å². The van der Waals surface area contributed by atoms with E-state index in [9.17, 15) is 4.79 Å². The molecule has 1 heterocycles. The van der Waals surface area contributed by atoms with Crippen LogP contribution in [0.1, 0.15) is 30.6 Å². The maximum absolute atomic E-state index is 12.4. The van der Waals surface area contributed by atoms with Gasteiger partial charge in [-0.1, -0.05) is 19.9 Å². The first kappa shape index (κ1) is 14.7. The van der Waals surface area contributed by atoms with Gasteiger partial charge in [-0.2, -0.15) is 0 Å². The number of ether oxygens (including phenoxy) is 2. The fourth-order valence-electron chi connectivity index (χ4n) is 2.21. The number of nitrogens with one attached hydrogen (secondary N) is 1. The number of hydrogen-bond acceptors (Lipinski definition) is 4. The molecule has 1 atom stereocenters. The monoisotopic (exact) mass is 279 g/mol. The van der Waals surface area contributed by atoms with Gasteiger partial charge in [-0.25, -0.2) is 0 Å². The van der Waals surface area contributed by atoms with E-state index in [1.54, 1.807) is 18.2 Å². The third-order valence-electron chi connectivity index (χ3n) is 3.37. The van der Waals surface area contributed by atoms with E-state index < -0.39 is 0 Å². The molecule has 110 valence electrons. The lowest BCUT2D eigenvalue weighted by atomic mass is 10.0. The van der Waals surface area contributed by atoms with Crippen molar-refractivity contribution in [3.8, 4) is 11.5 Å². The van der Waals surface area contributed by atoms with Gasteiger partial charge in [0, 0.05) is 12.6 Å². The lowest BCUT2D eigenvalue weighted by Gasteiger charge is -2.24. The van der Waals surface area contributed by atoms with Crippen LogP contribution in [0, 0.1) is 5.92 Å². The Morgan fingerprint density at radius 2 is 2.10 bits per heavy atom. The van der Waals surface area contributed by atoms with Crippen molar-refractivity contribution in [2.75, 3.05) is 19.8 Å². The first-order valence-corrected chi connectivity index (χ1v) is 6.93. The molecule has 20 heavy (non-hydrogen) atoms. The summed E-state index contributed by atoms with van der Waals surface area (Å²) >= 11 is 0. The number of aliphatic hydroxyl groups excluding tert-OH is 1. The van der Waals surface area contributed by atoms with Crippen LogP contribution in [0.5, 0.6) is 11.5 Å². The van der Waals surface area contributed by atoms with Crippen LogP contribution >= 0.6 is 0 Å². The second kappa shape index (κ2) is 6.61. The van der Waals surface area contributed by atoms with Crippen molar-refractivity contribution in [1.29, 1.82) is 0 Å². The molecule has 1 aromatic rings. The molecule has 0 saturated carbocycles. The zero-order valence-electron chi connectivity index (χ0n) is 11.9. The van der Waals surface area contributed by atoms with Gasteiger partial charge < -0.3 is 19.9 Å². The van der Waals surface area contributed by atoms with Crippen molar-refractivity contribution in [3.63, 3.8) is 0 Å². The van der Waals surface area contributed by atoms with Crippen LogP contribution < -0.4 is 14.8 Å². The van der Waals surface area contributed by atoms with Crippen LogP contribution in [0.25, 0.3) is 0 Å². The summed E-state index contributed by atoms with van der Waals surface area (Å²) in [5, 5.41) is 12.0. The molecule has 0 aliphatic carbocycles. The molecule has 0 bridgehead atoms. The maximum Gasteiger partial charge on any atom is 0.255 e. The number of carbonyl (C=O) groups is 1. The highest BCUT2D eigenvalue weighted by Crippen LogP contribution is 2.33. The fourth-order valence-corrected chi connectivity index (χ4v) is 2.21. The largest absolute Gasteiger partial charge is 0.486 e. The van der Waals surface area contributed by atoms with E-state index in [1.165, 1.54) is 0 Å². The van der Waals surface area contributed by atoms with Crippen LogP contribution in [-0.2, 0) is 0 Å². The molecule has 1 aromatic carbocycles. The number of carbonyl (C=O) groups excluding carboxylic acids is 1. The molecule has 1 amide bonds. The summed E-state index contributed by atoms with van der Waals surface area (Å²) in [5.74, 6) is 1.16. The van der Waals surface area contributed by atoms with Crippen molar-refractivity contribution in [1.82, 2.24) is 5.32 Å². The summed E-state index contributed by atoms with van der Waals surface area (Å²) in [4.78, 5) is 12.4. The molecule has 5 nitrogen and oxygen atoms in total. The molecule has 0 aromatic heterocycles. The number of aliphatic hydroxyl groups is 1. The van der Waals surface area contributed by atoms with E-state index in [1.807, 2.05) is 13.8 Å². The second-order valence-electron chi connectivity index (χ2n) is 5.17. The second-order valence-corrected chi connectivity index (χ2v) is 5.17. The maximum atomic E-state index is 12.4. The number of benzene rings is 1. The summed E-state index contributed by atoms with van der Waals surface area (Å²) in [5.41, 5.74) is 0.478. The normalized spacial score (nSPS) is 15.0. The summed E-state index contributed by atoms with van der Waals surface area (Å²) in [7, 11) is 0. The number of hydrogen-bond donors (Lipinski definition) is 2. The predicted octanol–water partition coefficient (Wildman–Crippen LogP) is 1.59. The lowest BCUT2D eigenvalue weighted by Crippen LogP contribution is -2.39. The molecule has 1 aliphatic rings. The molecule has 5 heteroatoms. The molecular weight excluding hydrogens is 258 g/mol. The first-order valence-electron chi connectivity index (χ1n) is 6.93. The Labute approximate surface area is 118 Å². The van der Waals surface area contributed by atoms with Gasteiger partial charge in [-0.05, 0) is 24.5 Å².